The summed E-state index contributed by atoms with van der Waals surface area (Å²) in [4.78, 5) is 28.0. The van der Waals surface area contributed by atoms with Gasteiger partial charge in [-0.3, -0.25) is 25.5 Å². The second-order valence-electron chi connectivity index (χ2n) is 6.52. The van der Waals surface area contributed by atoms with Crippen LogP contribution in [-0.4, -0.2) is 32.7 Å². The molecule has 0 radical (unpaired) electrons. The lowest BCUT2D eigenvalue weighted by Gasteiger charge is -2.07. The van der Waals surface area contributed by atoms with Crippen molar-refractivity contribution in [2.45, 2.75) is 43.7 Å². The predicted octanol–water partition coefficient (Wildman–Crippen LogP) is 2.62. The van der Waals surface area contributed by atoms with Gasteiger partial charge in [0.1, 0.15) is 11.6 Å². The molecular formula is C18H22FN5O2S. The van der Waals surface area contributed by atoms with Crippen molar-refractivity contribution in [2.24, 2.45) is 5.92 Å². The molecule has 1 aromatic heterocycles. The lowest BCUT2D eigenvalue weighted by atomic mass is 10.0. The first-order valence-electron chi connectivity index (χ1n) is 8.99. The summed E-state index contributed by atoms with van der Waals surface area (Å²) in [5, 5.41) is 7.50. The van der Waals surface area contributed by atoms with E-state index in [0.29, 0.717) is 5.16 Å². The summed E-state index contributed by atoms with van der Waals surface area (Å²) in [5.74, 6) is -0.130. The fourth-order valence-electron chi connectivity index (χ4n) is 3.10. The van der Waals surface area contributed by atoms with Crippen LogP contribution in [0.5, 0.6) is 0 Å². The normalized spacial score (nSPS) is 14.3. The Bertz CT molecular complexity index is 792. The number of halogens is 1. The van der Waals surface area contributed by atoms with Gasteiger partial charge in [-0.1, -0.05) is 49.6 Å². The van der Waals surface area contributed by atoms with E-state index in [1.165, 1.54) is 55.6 Å². The summed E-state index contributed by atoms with van der Waals surface area (Å²) < 4.78 is 13.5. The van der Waals surface area contributed by atoms with E-state index in [2.05, 4.69) is 26.0 Å². The average molecular weight is 391 g/mol. The number of aryl methyl sites for hydroxylation is 1. The highest BCUT2D eigenvalue weighted by molar-refractivity contribution is 7.99. The van der Waals surface area contributed by atoms with Crippen LogP contribution >= 0.6 is 11.8 Å². The summed E-state index contributed by atoms with van der Waals surface area (Å²) in [6, 6.07) is 5.55. The molecule has 0 unspecified atom stereocenters. The number of benzene rings is 1. The molecule has 0 bridgehead atoms. The van der Waals surface area contributed by atoms with Crippen LogP contribution in [0.1, 0.15) is 48.3 Å². The molecule has 9 heteroatoms. The summed E-state index contributed by atoms with van der Waals surface area (Å²) in [6.07, 6.45) is 7.23. The fraction of sp³-hybridized carbons (Fsp3) is 0.444. The molecule has 0 spiro atoms. The fourth-order valence-corrected chi connectivity index (χ4v) is 3.72. The average Bonchev–Trinajstić information content (AvgIpc) is 3.35. The maximum Gasteiger partial charge on any atom is 0.272 e. The minimum atomic E-state index is -0.710. The van der Waals surface area contributed by atoms with E-state index in [-0.39, 0.29) is 11.3 Å². The zero-order chi connectivity index (χ0) is 19.1. The van der Waals surface area contributed by atoms with Crippen molar-refractivity contribution in [1.82, 2.24) is 26.0 Å². The smallest absolute Gasteiger partial charge is 0.272 e. The predicted molar refractivity (Wildman–Crippen MR) is 99.4 cm³/mol. The molecule has 1 aliphatic carbocycles. The molecule has 1 aromatic carbocycles. The van der Waals surface area contributed by atoms with Crippen molar-refractivity contribution in [3.8, 4) is 0 Å². The van der Waals surface area contributed by atoms with E-state index >= 15 is 0 Å². The van der Waals surface area contributed by atoms with Crippen LogP contribution in [0.25, 0.3) is 0 Å². The van der Waals surface area contributed by atoms with Gasteiger partial charge in [0.2, 0.25) is 11.1 Å². The first-order valence-corrected chi connectivity index (χ1v) is 9.98. The molecule has 0 saturated heterocycles. The number of H-pyrrole nitrogens is 1. The number of nitrogens with one attached hydrogen (secondary N) is 3. The number of aromatic amines is 1. The van der Waals surface area contributed by atoms with Gasteiger partial charge in [-0.2, -0.15) is 0 Å². The number of carbonyl (C=O) groups excluding carboxylic acids is 2. The Balaban J connectivity index is 1.37. The third kappa shape index (κ3) is 5.78. The molecule has 0 atom stereocenters. The monoisotopic (exact) mass is 391 g/mol. The number of hydrogen-bond acceptors (Lipinski definition) is 5. The van der Waals surface area contributed by atoms with E-state index in [9.17, 15) is 14.0 Å². The van der Waals surface area contributed by atoms with Crippen molar-refractivity contribution < 1.29 is 14.0 Å². The number of hydrazine groups is 1. The van der Waals surface area contributed by atoms with E-state index in [1.54, 1.807) is 6.07 Å². The Morgan fingerprint density at radius 1 is 1.22 bits per heavy atom. The Morgan fingerprint density at radius 3 is 2.78 bits per heavy atom. The van der Waals surface area contributed by atoms with Crippen molar-refractivity contribution >= 4 is 23.6 Å². The first-order chi connectivity index (χ1) is 13.1. The molecule has 3 N–H and O–H groups in total. The molecule has 1 aliphatic rings. The molecule has 1 fully saturated rings. The standard InChI is InChI=1S/C18H22FN5O2S/c19-14-8-4-3-7-13(14)17(26)23-22-16(25)11-27-18-20-15(21-24-18)10-9-12-5-1-2-6-12/h3-4,7-8,12H,1-2,5-6,9-11H2,(H,22,25)(H,23,26)(H,20,21,24). The molecule has 1 saturated carbocycles. The van der Waals surface area contributed by atoms with Crippen molar-refractivity contribution in [2.75, 3.05) is 5.75 Å². The summed E-state index contributed by atoms with van der Waals surface area (Å²) >= 11 is 1.17. The number of thioether (sulfide) groups is 1. The maximum absolute atomic E-state index is 13.5. The van der Waals surface area contributed by atoms with Crippen LogP contribution < -0.4 is 10.9 Å². The highest BCUT2D eigenvalue weighted by Gasteiger charge is 2.16. The van der Waals surface area contributed by atoms with E-state index < -0.39 is 17.6 Å². The first kappa shape index (κ1) is 19.3. The van der Waals surface area contributed by atoms with Gasteiger partial charge < -0.3 is 0 Å². The van der Waals surface area contributed by atoms with Gasteiger partial charge in [0, 0.05) is 6.42 Å². The van der Waals surface area contributed by atoms with Crippen LogP contribution in [0.15, 0.2) is 29.4 Å². The number of amides is 2. The van der Waals surface area contributed by atoms with Crippen LogP contribution in [0, 0.1) is 11.7 Å². The lowest BCUT2D eigenvalue weighted by molar-refractivity contribution is -0.119. The van der Waals surface area contributed by atoms with Gasteiger partial charge >= 0.3 is 0 Å². The molecule has 1 heterocycles. The summed E-state index contributed by atoms with van der Waals surface area (Å²) in [6.45, 7) is 0. The molecule has 144 valence electrons. The summed E-state index contributed by atoms with van der Waals surface area (Å²) in [5.41, 5.74) is 4.31. The molecule has 2 amide bonds. The Labute approximate surface area is 160 Å². The Kier molecular flexibility index (Phi) is 6.80. The van der Waals surface area contributed by atoms with Crippen LogP contribution in [-0.2, 0) is 11.2 Å². The van der Waals surface area contributed by atoms with Crippen LogP contribution in [0.4, 0.5) is 4.39 Å². The van der Waals surface area contributed by atoms with Gasteiger partial charge in [0.15, 0.2) is 0 Å². The molecule has 7 nitrogen and oxygen atoms in total. The van der Waals surface area contributed by atoms with E-state index in [1.807, 2.05) is 0 Å². The van der Waals surface area contributed by atoms with Crippen molar-refractivity contribution in [3.05, 3.63) is 41.5 Å². The SMILES string of the molecule is O=C(CSc1n[nH]c(CCC2CCCC2)n1)NNC(=O)c1ccccc1F. The molecule has 0 aliphatic heterocycles. The van der Waals surface area contributed by atoms with Gasteiger partial charge in [-0.05, 0) is 24.5 Å². The van der Waals surface area contributed by atoms with Crippen LogP contribution in [0.2, 0.25) is 0 Å². The minimum Gasteiger partial charge on any atom is -0.272 e. The highest BCUT2D eigenvalue weighted by atomic mass is 32.2. The van der Waals surface area contributed by atoms with Gasteiger partial charge in [-0.25, -0.2) is 9.37 Å². The minimum absolute atomic E-state index is 0.0392. The maximum atomic E-state index is 13.5. The molecule has 2 aromatic rings. The lowest BCUT2D eigenvalue weighted by Crippen LogP contribution is -2.42. The zero-order valence-electron chi connectivity index (χ0n) is 14.8. The highest BCUT2D eigenvalue weighted by Crippen LogP contribution is 2.28. The Hall–Kier alpha value is -2.42. The van der Waals surface area contributed by atoms with Crippen LogP contribution in [0.3, 0.4) is 0 Å². The number of aromatic nitrogens is 3. The molecule has 3 rings (SSSR count). The van der Waals surface area contributed by atoms with E-state index in [4.69, 9.17) is 0 Å². The number of rotatable bonds is 7. The van der Waals surface area contributed by atoms with Gasteiger partial charge in [-0.15, -0.1) is 5.10 Å². The largest absolute Gasteiger partial charge is 0.272 e. The van der Waals surface area contributed by atoms with Crippen molar-refractivity contribution in [1.29, 1.82) is 0 Å². The van der Waals surface area contributed by atoms with Gasteiger partial charge in [0.25, 0.3) is 5.91 Å². The quantitative estimate of drug-likeness (QED) is 0.498. The van der Waals surface area contributed by atoms with Crippen molar-refractivity contribution in [3.63, 3.8) is 0 Å². The third-order valence-electron chi connectivity index (χ3n) is 4.54. The number of carbonyl (C=O) groups is 2. The molecule has 27 heavy (non-hydrogen) atoms. The topological polar surface area (TPSA) is 99.8 Å². The molecular weight excluding hydrogens is 369 g/mol. The summed E-state index contributed by atoms with van der Waals surface area (Å²) in [7, 11) is 0. The zero-order valence-corrected chi connectivity index (χ0v) is 15.7. The number of hydrogen-bond donors (Lipinski definition) is 3. The third-order valence-corrected chi connectivity index (χ3v) is 5.39. The van der Waals surface area contributed by atoms with E-state index in [0.717, 1.165) is 24.6 Å². The van der Waals surface area contributed by atoms with Gasteiger partial charge in [0.05, 0.1) is 11.3 Å². The Morgan fingerprint density at radius 2 is 2.00 bits per heavy atom. The second-order valence-corrected chi connectivity index (χ2v) is 7.47. The second kappa shape index (κ2) is 9.50. The number of nitrogens with zero attached hydrogens (tertiary/aromatic N) is 2.